The predicted octanol–water partition coefficient (Wildman–Crippen LogP) is 4.88. The van der Waals surface area contributed by atoms with E-state index in [0.717, 1.165) is 41.8 Å². The molecule has 4 nitrogen and oxygen atoms in total. The number of anilines is 1. The minimum atomic E-state index is -0.153. The minimum Gasteiger partial charge on any atom is -0.352 e. The molecule has 1 saturated carbocycles. The van der Waals surface area contributed by atoms with Gasteiger partial charge in [-0.2, -0.15) is 0 Å². The molecule has 144 valence electrons. The van der Waals surface area contributed by atoms with Crippen molar-refractivity contribution < 1.29 is 9.59 Å². The third-order valence-corrected chi connectivity index (χ3v) is 6.35. The third-order valence-electron chi connectivity index (χ3n) is 5.02. The highest BCUT2D eigenvalue weighted by atomic mass is 35.5. The van der Waals surface area contributed by atoms with Crippen LogP contribution >= 0.6 is 23.4 Å². The maximum Gasteiger partial charge on any atom is 0.265 e. The maximum absolute atomic E-state index is 13.2. The summed E-state index contributed by atoms with van der Waals surface area (Å²) in [6.45, 7) is 0.0326. The number of carbonyl (C=O) groups excluding carboxylic acids is 2. The van der Waals surface area contributed by atoms with E-state index in [9.17, 15) is 9.59 Å². The summed E-state index contributed by atoms with van der Waals surface area (Å²) < 4.78 is 0. The van der Waals surface area contributed by atoms with Gasteiger partial charge in [0.25, 0.3) is 5.91 Å². The number of hydrogen-bond acceptors (Lipinski definition) is 3. The summed E-state index contributed by atoms with van der Waals surface area (Å²) in [5.74, 6) is -0.256. The number of para-hydroxylation sites is 1. The Morgan fingerprint density at radius 2 is 1.86 bits per heavy atom. The van der Waals surface area contributed by atoms with Crippen molar-refractivity contribution >= 4 is 46.9 Å². The first-order valence-corrected chi connectivity index (χ1v) is 10.6. The summed E-state index contributed by atoms with van der Waals surface area (Å²) in [6, 6.07) is 15.3. The van der Waals surface area contributed by atoms with Gasteiger partial charge < -0.3 is 5.32 Å². The number of nitrogens with one attached hydrogen (secondary N) is 1. The summed E-state index contributed by atoms with van der Waals surface area (Å²) in [5.41, 5.74) is 1.68. The number of fused-ring (bicyclic) bond motifs is 1. The van der Waals surface area contributed by atoms with E-state index in [1.807, 2.05) is 42.5 Å². The highest BCUT2D eigenvalue weighted by Gasteiger charge is 2.31. The lowest BCUT2D eigenvalue weighted by Crippen LogP contribution is -2.45. The number of nitrogens with zero attached hydrogens (tertiary/aromatic N) is 1. The first-order chi connectivity index (χ1) is 13.6. The van der Waals surface area contributed by atoms with Gasteiger partial charge in [0.2, 0.25) is 5.91 Å². The largest absolute Gasteiger partial charge is 0.352 e. The molecule has 0 bridgehead atoms. The normalized spacial score (nSPS) is 18.4. The van der Waals surface area contributed by atoms with Gasteiger partial charge in [0.1, 0.15) is 6.54 Å². The fourth-order valence-electron chi connectivity index (χ4n) is 3.62. The smallest absolute Gasteiger partial charge is 0.265 e. The van der Waals surface area contributed by atoms with E-state index in [4.69, 9.17) is 11.6 Å². The fraction of sp³-hybridized carbons (Fsp3) is 0.273. The zero-order valence-corrected chi connectivity index (χ0v) is 16.9. The Morgan fingerprint density at radius 3 is 2.61 bits per heavy atom. The molecule has 2 aromatic carbocycles. The molecule has 1 N–H and O–H groups in total. The van der Waals surface area contributed by atoms with Crippen LogP contribution in [-0.2, 0) is 9.59 Å². The monoisotopic (exact) mass is 412 g/mol. The number of carbonyl (C=O) groups is 2. The number of benzene rings is 2. The Morgan fingerprint density at radius 1 is 1.14 bits per heavy atom. The van der Waals surface area contributed by atoms with Crippen molar-refractivity contribution in [2.24, 2.45) is 0 Å². The standard InChI is InChI=1S/C22H21ClN2O2S/c23-16-11-9-15(10-12-16)13-20-22(27)25(18-7-3-4-8-19(18)28-20)14-21(26)24-17-5-1-2-6-17/h3-4,7-13,17H,1-2,5-6,14H2,(H,24,26)/b20-13-. The SMILES string of the molecule is O=C(CN1C(=O)/C(=C/c2ccc(Cl)cc2)Sc2ccccc21)NC1CCCC1. The second-order valence-corrected chi connectivity index (χ2v) is 8.59. The second kappa shape index (κ2) is 8.41. The molecule has 0 atom stereocenters. The second-order valence-electron chi connectivity index (χ2n) is 7.07. The minimum absolute atomic E-state index is 0.0326. The summed E-state index contributed by atoms with van der Waals surface area (Å²) in [4.78, 5) is 28.9. The van der Waals surface area contributed by atoms with E-state index in [2.05, 4.69) is 5.32 Å². The number of halogens is 1. The summed E-state index contributed by atoms with van der Waals surface area (Å²) in [5, 5.41) is 3.73. The molecule has 1 aliphatic carbocycles. The van der Waals surface area contributed by atoms with Gasteiger partial charge in [-0.25, -0.2) is 0 Å². The molecule has 0 saturated heterocycles. The lowest BCUT2D eigenvalue weighted by Gasteiger charge is -2.30. The van der Waals surface area contributed by atoms with Crippen LogP contribution in [0, 0.1) is 0 Å². The Bertz CT molecular complexity index is 920. The molecule has 1 heterocycles. The average Bonchev–Trinajstić information content (AvgIpc) is 3.19. The van der Waals surface area contributed by atoms with Crippen LogP contribution in [0.1, 0.15) is 31.2 Å². The van der Waals surface area contributed by atoms with Gasteiger partial charge in [-0.05, 0) is 48.7 Å². The van der Waals surface area contributed by atoms with Crippen LogP contribution in [0.4, 0.5) is 5.69 Å². The Hall–Kier alpha value is -2.24. The molecule has 0 aromatic heterocycles. The molecule has 28 heavy (non-hydrogen) atoms. The van der Waals surface area contributed by atoms with Crippen molar-refractivity contribution in [3.05, 3.63) is 64.0 Å². The summed E-state index contributed by atoms with van der Waals surface area (Å²) in [7, 11) is 0. The van der Waals surface area contributed by atoms with E-state index in [1.54, 1.807) is 17.0 Å². The number of hydrogen-bond donors (Lipinski definition) is 1. The molecule has 4 rings (SSSR count). The topological polar surface area (TPSA) is 49.4 Å². The van der Waals surface area contributed by atoms with Gasteiger partial charge in [0.15, 0.2) is 0 Å². The summed E-state index contributed by atoms with van der Waals surface area (Å²) >= 11 is 7.39. The predicted molar refractivity (Wildman–Crippen MR) is 114 cm³/mol. The van der Waals surface area contributed by atoms with Gasteiger partial charge in [-0.15, -0.1) is 0 Å². The van der Waals surface area contributed by atoms with Gasteiger partial charge >= 0.3 is 0 Å². The molecular formula is C22H21ClN2O2S. The molecule has 6 heteroatoms. The lowest BCUT2D eigenvalue weighted by atomic mass is 10.2. The quantitative estimate of drug-likeness (QED) is 0.728. The molecule has 2 amide bonds. The van der Waals surface area contributed by atoms with Crippen molar-refractivity contribution in [1.29, 1.82) is 0 Å². The van der Waals surface area contributed by atoms with E-state index in [0.29, 0.717) is 9.93 Å². The van der Waals surface area contributed by atoms with Crippen molar-refractivity contribution in [3.63, 3.8) is 0 Å². The molecule has 1 fully saturated rings. The molecular weight excluding hydrogens is 392 g/mol. The van der Waals surface area contributed by atoms with Crippen molar-refractivity contribution in [1.82, 2.24) is 5.32 Å². The van der Waals surface area contributed by atoms with Crippen LogP contribution in [-0.4, -0.2) is 24.4 Å². The van der Waals surface area contributed by atoms with E-state index in [-0.39, 0.29) is 24.4 Å². The molecule has 0 spiro atoms. The zero-order chi connectivity index (χ0) is 19.5. The van der Waals surface area contributed by atoms with Crippen molar-refractivity contribution in [2.45, 2.75) is 36.6 Å². The summed E-state index contributed by atoms with van der Waals surface area (Å²) in [6.07, 6.45) is 6.20. The van der Waals surface area contributed by atoms with Crippen molar-refractivity contribution in [2.75, 3.05) is 11.4 Å². The van der Waals surface area contributed by atoms with E-state index in [1.165, 1.54) is 11.8 Å². The average molecular weight is 413 g/mol. The Kier molecular flexibility index (Phi) is 5.74. The molecule has 2 aliphatic rings. The Labute approximate surface area is 173 Å². The van der Waals surface area contributed by atoms with Crippen molar-refractivity contribution in [3.8, 4) is 0 Å². The van der Waals surface area contributed by atoms with Crippen LogP contribution in [0.3, 0.4) is 0 Å². The molecule has 2 aromatic rings. The van der Waals surface area contributed by atoms with Crippen LogP contribution in [0.2, 0.25) is 5.02 Å². The van der Waals surface area contributed by atoms with Gasteiger partial charge in [-0.3, -0.25) is 14.5 Å². The number of thioether (sulfide) groups is 1. The third kappa shape index (κ3) is 4.26. The fourth-order valence-corrected chi connectivity index (χ4v) is 4.80. The van der Waals surface area contributed by atoms with Gasteiger partial charge in [0, 0.05) is 16.0 Å². The zero-order valence-electron chi connectivity index (χ0n) is 15.4. The molecule has 0 radical (unpaired) electrons. The van der Waals surface area contributed by atoms with Crippen LogP contribution in [0.5, 0.6) is 0 Å². The van der Waals surface area contributed by atoms with Crippen LogP contribution in [0.15, 0.2) is 58.3 Å². The first kappa shape index (κ1) is 19.1. The van der Waals surface area contributed by atoms with E-state index < -0.39 is 0 Å². The highest BCUT2D eigenvalue weighted by Crippen LogP contribution is 2.41. The number of rotatable bonds is 4. The lowest BCUT2D eigenvalue weighted by molar-refractivity contribution is -0.122. The molecule has 1 aliphatic heterocycles. The van der Waals surface area contributed by atoms with Gasteiger partial charge in [-0.1, -0.05) is 60.5 Å². The number of amides is 2. The van der Waals surface area contributed by atoms with Gasteiger partial charge in [0.05, 0.1) is 10.6 Å². The highest BCUT2D eigenvalue weighted by molar-refractivity contribution is 8.04. The maximum atomic E-state index is 13.2. The first-order valence-electron chi connectivity index (χ1n) is 9.45. The van der Waals surface area contributed by atoms with E-state index >= 15 is 0 Å². The Balaban J connectivity index is 1.59. The van der Waals surface area contributed by atoms with Crippen LogP contribution in [0.25, 0.3) is 6.08 Å². The molecule has 0 unspecified atom stereocenters. The van der Waals surface area contributed by atoms with Crippen LogP contribution < -0.4 is 10.2 Å².